The predicted molar refractivity (Wildman–Crippen MR) is 87.7 cm³/mol. The van der Waals surface area contributed by atoms with Crippen molar-refractivity contribution in [2.75, 3.05) is 11.9 Å². The van der Waals surface area contributed by atoms with Crippen LogP contribution in [0.5, 0.6) is 0 Å². The number of benzene rings is 1. The Hall–Kier alpha value is -1.03. The standard InChI is InChI=1S/C16H19ClN2S/c1-19(11-15-3-2-8-20-15)14-7-4-12(16(17)9-14)10-18-13-5-6-13/h2-4,7-9,13,18H,5-6,10-11H2,1H3. The molecule has 1 heterocycles. The molecule has 2 nitrogen and oxygen atoms in total. The Morgan fingerprint density at radius 3 is 2.85 bits per heavy atom. The van der Waals surface area contributed by atoms with E-state index in [-0.39, 0.29) is 0 Å². The van der Waals surface area contributed by atoms with Crippen LogP contribution in [-0.4, -0.2) is 13.1 Å². The minimum atomic E-state index is 0.715. The molecule has 0 aliphatic heterocycles. The fourth-order valence-electron chi connectivity index (χ4n) is 2.19. The highest BCUT2D eigenvalue weighted by molar-refractivity contribution is 7.09. The number of hydrogen-bond acceptors (Lipinski definition) is 3. The van der Waals surface area contributed by atoms with Crippen molar-refractivity contribution < 1.29 is 0 Å². The normalized spacial score (nSPS) is 14.5. The molecule has 1 saturated carbocycles. The predicted octanol–water partition coefficient (Wildman–Crippen LogP) is 4.29. The van der Waals surface area contributed by atoms with Gasteiger partial charge in [-0.2, -0.15) is 0 Å². The van der Waals surface area contributed by atoms with Crippen molar-refractivity contribution in [2.24, 2.45) is 0 Å². The van der Waals surface area contributed by atoms with Crippen molar-refractivity contribution in [1.29, 1.82) is 0 Å². The summed E-state index contributed by atoms with van der Waals surface area (Å²) in [5.74, 6) is 0. The van der Waals surface area contributed by atoms with Crippen LogP contribution >= 0.6 is 22.9 Å². The van der Waals surface area contributed by atoms with Gasteiger partial charge in [-0.3, -0.25) is 0 Å². The molecule has 0 saturated heterocycles. The molecule has 0 amide bonds. The Kier molecular flexibility index (Phi) is 4.29. The molecule has 0 unspecified atom stereocenters. The molecule has 2 aromatic rings. The summed E-state index contributed by atoms with van der Waals surface area (Å²) < 4.78 is 0. The van der Waals surface area contributed by atoms with E-state index in [0.717, 1.165) is 18.1 Å². The number of hydrogen-bond donors (Lipinski definition) is 1. The third kappa shape index (κ3) is 3.54. The lowest BCUT2D eigenvalue weighted by molar-refractivity contribution is 0.688. The minimum absolute atomic E-state index is 0.715. The zero-order valence-electron chi connectivity index (χ0n) is 11.6. The Morgan fingerprint density at radius 1 is 1.35 bits per heavy atom. The maximum absolute atomic E-state index is 6.40. The van der Waals surface area contributed by atoms with Crippen LogP contribution in [0.2, 0.25) is 5.02 Å². The molecule has 4 heteroatoms. The fourth-order valence-corrected chi connectivity index (χ4v) is 3.19. The van der Waals surface area contributed by atoms with Crippen LogP contribution < -0.4 is 10.2 Å². The second-order valence-corrected chi connectivity index (χ2v) is 6.81. The first-order chi connectivity index (χ1) is 9.72. The monoisotopic (exact) mass is 306 g/mol. The average Bonchev–Trinajstić information content (AvgIpc) is 3.13. The third-order valence-corrected chi connectivity index (χ3v) is 4.82. The van der Waals surface area contributed by atoms with Crippen LogP contribution in [0.4, 0.5) is 5.69 Å². The van der Waals surface area contributed by atoms with Crippen molar-refractivity contribution >= 4 is 28.6 Å². The van der Waals surface area contributed by atoms with Gasteiger partial charge < -0.3 is 10.2 Å². The molecule has 20 heavy (non-hydrogen) atoms. The van der Waals surface area contributed by atoms with Gasteiger partial charge in [0.25, 0.3) is 0 Å². The van der Waals surface area contributed by atoms with Gasteiger partial charge in [0.2, 0.25) is 0 Å². The van der Waals surface area contributed by atoms with E-state index >= 15 is 0 Å². The molecule has 0 spiro atoms. The van der Waals surface area contributed by atoms with E-state index in [0.29, 0.717) is 6.04 Å². The molecule has 1 aromatic carbocycles. The lowest BCUT2D eigenvalue weighted by atomic mass is 10.2. The van der Waals surface area contributed by atoms with E-state index in [2.05, 4.69) is 53.0 Å². The number of nitrogens with one attached hydrogen (secondary N) is 1. The van der Waals surface area contributed by atoms with Crippen LogP contribution in [0.3, 0.4) is 0 Å². The summed E-state index contributed by atoms with van der Waals surface area (Å²) in [4.78, 5) is 3.60. The van der Waals surface area contributed by atoms with Crippen LogP contribution in [0.25, 0.3) is 0 Å². The summed E-state index contributed by atoms with van der Waals surface area (Å²) in [5.41, 5.74) is 2.35. The molecule has 1 fully saturated rings. The summed E-state index contributed by atoms with van der Waals surface area (Å²) in [6.45, 7) is 1.80. The van der Waals surface area contributed by atoms with Gasteiger partial charge in [0.05, 0.1) is 6.54 Å². The second kappa shape index (κ2) is 6.17. The zero-order chi connectivity index (χ0) is 13.9. The van der Waals surface area contributed by atoms with Gasteiger partial charge in [-0.15, -0.1) is 11.3 Å². The highest BCUT2D eigenvalue weighted by atomic mass is 35.5. The summed E-state index contributed by atoms with van der Waals surface area (Å²) in [6.07, 6.45) is 2.61. The first-order valence-corrected chi connectivity index (χ1v) is 8.23. The number of anilines is 1. The summed E-state index contributed by atoms with van der Waals surface area (Å²) >= 11 is 8.18. The molecular weight excluding hydrogens is 288 g/mol. The molecule has 0 radical (unpaired) electrons. The van der Waals surface area contributed by atoms with Gasteiger partial charge in [-0.05, 0) is 42.0 Å². The fraction of sp³-hybridized carbons (Fsp3) is 0.375. The van der Waals surface area contributed by atoms with Crippen molar-refractivity contribution in [3.63, 3.8) is 0 Å². The van der Waals surface area contributed by atoms with Gasteiger partial charge >= 0.3 is 0 Å². The quantitative estimate of drug-likeness (QED) is 0.856. The molecule has 0 atom stereocenters. The maximum atomic E-state index is 6.40. The number of rotatable bonds is 6. The van der Waals surface area contributed by atoms with Crippen LogP contribution in [0, 0.1) is 0 Å². The summed E-state index contributed by atoms with van der Waals surface area (Å²) in [6, 6.07) is 11.3. The zero-order valence-corrected chi connectivity index (χ0v) is 13.2. The summed E-state index contributed by atoms with van der Waals surface area (Å²) in [7, 11) is 2.10. The lowest BCUT2D eigenvalue weighted by Gasteiger charge is -2.19. The van der Waals surface area contributed by atoms with E-state index in [1.165, 1.54) is 29.0 Å². The number of nitrogens with zero attached hydrogens (tertiary/aromatic N) is 1. The van der Waals surface area contributed by atoms with Crippen molar-refractivity contribution in [2.45, 2.75) is 32.0 Å². The van der Waals surface area contributed by atoms with E-state index in [4.69, 9.17) is 11.6 Å². The Bertz CT molecular complexity index is 564. The van der Waals surface area contributed by atoms with Gasteiger partial charge in [0, 0.05) is 35.2 Å². The van der Waals surface area contributed by atoms with E-state index in [1.54, 1.807) is 11.3 Å². The molecule has 1 N–H and O–H groups in total. The lowest BCUT2D eigenvalue weighted by Crippen LogP contribution is -2.17. The topological polar surface area (TPSA) is 15.3 Å². The second-order valence-electron chi connectivity index (χ2n) is 5.37. The Labute approximate surface area is 129 Å². The van der Waals surface area contributed by atoms with Crippen molar-refractivity contribution in [3.05, 3.63) is 51.2 Å². The van der Waals surface area contributed by atoms with E-state index in [9.17, 15) is 0 Å². The molecule has 3 rings (SSSR count). The van der Waals surface area contributed by atoms with Gasteiger partial charge in [0.15, 0.2) is 0 Å². The largest absolute Gasteiger partial charge is 0.369 e. The van der Waals surface area contributed by atoms with Crippen molar-refractivity contribution in [1.82, 2.24) is 5.32 Å². The highest BCUT2D eigenvalue weighted by Crippen LogP contribution is 2.26. The number of thiophene rings is 1. The molecule has 1 aromatic heterocycles. The SMILES string of the molecule is CN(Cc1cccs1)c1ccc(CNC2CC2)c(Cl)c1. The molecule has 1 aliphatic carbocycles. The first kappa shape index (κ1) is 13.9. The Balaban J connectivity index is 1.65. The van der Waals surface area contributed by atoms with Gasteiger partial charge in [-0.1, -0.05) is 23.7 Å². The third-order valence-electron chi connectivity index (χ3n) is 3.61. The van der Waals surface area contributed by atoms with E-state index in [1.807, 2.05) is 0 Å². The van der Waals surface area contributed by atoms with Crippen LogP contribution in [0.15, 0.2) is 35.7 Å². The number of halogens is 1. The summed E-state index contributed by atoms with van der Waals surface area (Å²) in [5, 5.41) is 6.47. The minimum Gasteiger partial charge on any atom is -0.369 e. The molecule has 0 bridgehead atoms. The highest BCUT2D eigenvalue weighted by Gasteiger charge is 2.20. The smallest absolute Gasteiger partial charge is 0.0519 e. The molecule has 1 aliphatic rings. The van der Waals surface area contributed by atoms with Gasteiger partial charge in [-0.25, -0.2) is 0 Å². The van der Waals surface area contributed by atoms with E-state index < -0.39 is 0 Å². The first-order valence-electron chi connectivity index (χ1n) is 6.98. The van der Waals surface area contributed by atoms with Crippen molar-refractivity contribution in [3.8, 4) is 0 Å². The van der Waals surface area contributed by atoms with Crippen LogP contribution in [0.1, 0.15) is 23.3 Å². The average molecular weight is 307 g/mol. The molecule has 106 valence electrons. The maximum Gasteiger partial charge on any atom is 0.0519 e. The van der Waals surface area contributed by atoms with Gasteiger partial charge in [0.1, 0.15) is 0 Å². The molecular formula is C16H19ClN2S. The van der Waals surface area contributed by atoms with Crippen LogP contribution in [-0.2, 0) is 13.1 Å². The Morgan fingerprint density at radius 2 is 2.20 bits per heavy atom.